The highest BCUT2D eigenvalue weighted by molar-refractivity contribution is 5.95. The molecule has 3 aliphatic rings. The molecule has 0 radical (unpaired) electrons. The van der Waals surface area contributed by atoms with Crippen LogP contribution in [0.25, 0.3) is 23.8 Å². The lowest BCUT2D eigenvalue weighted by Gasteiger charge is -2.19. The maximum absolute atomic E-state index is 13.1. The fourth-order valence-corrected chi connectivity index (χ4v) is 6.82. The Kier molecular flexibility index (Phi) is 6.01. The molecule has 1 saturated heterocycles. The van der Waals surface area contributed by atoms with Crippen LogP contribution in [0.5, 0.6) is 0 Å². The molecule has 7 nitrogen and oxygen atoms in total. The van der Waals surface area contributed by atoms with E-state index in [0.29, 0.717) is 0 Å². The van der Waals surface area contributed by atoms with Crippen molar-refractivity contribution in [3.8, 4) is 12.3 Å². The largest absolute Gasteiger partial charge is 0.468 e. The molecule has 3 aromatic heterocycles. The zero-order chi connectivity index (χ0) is 28.6. The molecule has 6 rings (SSSR count). The Bertz CT molecular complexity index is 1820. The van der Waals surface area contributed by atoms with Crippen molar-refractivity contribution in [2.24, 2.45) is 17.8 Å². The van der Waals surface area contributed by atoms with E-state index < -0.39 is 18.0 Å². The first kappa shape index (κ1) is 26.1. The number of nitrogens with one attached hydrogen (secondary N) is 4. The van der Waals surface area contributed by atoms with Crippen LogP contribution in [0.1, 0.15) is 83.0 Å². The average molecular weight is 537 g/mol. The fourth-order valence-electron chi connectivity index (χ4n) is 6.82. The van der Waals surface area contributed by atoms with Crippen LogP contribution in [-0.2, 0) is 16.0 Å². The van der Waals surface area contributed by atoms with Crippen molar-refractivity contribution in [1.82, 2.24) is 20.3 Å². The van der Waals surface area contributed by atoms with E-state index >= 15 is 0 Å². The lowest BCUT2D eigenvalue weighted by Crippen LogP contribution is -2.23. The van der Waals surface area contributed by atoms with Crippen molar-refractivity contribution in [2.75, 3.05) is 7.11 Å². The fraction of sp³-hybridized carbons (Fsp3) is 0.364. The number of esters is 1. The van der Waals surface area contributed by atoms with Crippen molar-refractivity contribution in [3.05, 3.63) is 78.2 Å². The maximum atomic E-state index is 13.1. The summed E-state index contributed by atoms with van der Waals surface area (Å²) < 4.78 is 5.20. The summed E-state index contributed by atoms with van der Waals surface area (Å²) in [6, 6.07) is 0. The first-order chi connectivity index (χ1) is 19.1. The normalized spacial score (nSPS) is 27.6. The number of aromatic nitrogens is 3. The molecule has 8 bridgehead atoms. The van der Waals surface area contributed by atoms with E-state index in [-0.39, 0.29) is 11.8 Å². The number of carbonyl (C=O) groups excluding carboxylic acids is 1. The van der Waals surface area contributed by atoms with Crippen LogP contribution in [-0.4, -0.2) is 33.1 Å². The van der Waals surface area contributed by atoms with Crippen LogP contribution in [0, 0.1) is 50.9 Å². The van der Waals surface area contributed by atoms with E-state index in [1.54, 1.807) is 0 Å². The number of carbonyl (C=O) groups is 1. The molecule has 206 valence electrons. The van der Waals surface area contributed by atoms with Gasteiger partial charge in [0.25, 0.3) is 0 Å². The smallest absolute Gasteiger partial charge is 0.316 e. The molecule has 3 aromatic rings. The standard InChI is InChI=1S/C33H36N4O3/c1-9-19-16(5)22-11-21-14(3)15(4)30(36-21)28-29(33(39)40-8)32(38)27-18(7)24(37-31(27)28)13-26-20(10-2)17(6)23(35-26)12-25(19)34-22/h1,11-15,29,32,34-38H,10H2,2-8H3/b21-11-,23-12-,26-13-,30-28-/t14-,15-,29+,32-/m0/s1. The topological polar surface area (TPSA) is 106 Å². The summed E-state index contributed by atoms with van der Waals surface area (Å²) in [7, 11) is 1.37. The molecule has 5 N–H and O–H groups in total. The van der Waals surface area contributed by atoms with E-state index in [1.807, 2.05) is 13.8 Å². The molecule has 0 amide bonds. The number of H-pyrrole nitrogens is 3. The van der Waals surface area contributed by atoms with E-state index in [4.69, 9.17) is 11.2 Å². The lowest BCUT2D eigenvalue weighted by molar-refractivity contribution is -0.146. The van der Waals surface area contributed by atoms with Crippen LogP contribution in [0.15, 0.2) is 11.4 Å². The van der Waals surface area contributed by atoms with Gasteiger partial charge in [-0.05, 0) is 67.7 Å². The number of aliphatic hydroxyl groups is 1. The Morgan fingerprint density at radius 1 is 0.975 bits per heavy atom. The van der Waals surface area contributed by atoms with Gasteiger partial charge in [-0.3, -0.25) is 4.79 Å². The van der Waals surface area contributed by atoms with Crippen molar-refractivity contribution < 1.29 is 14.6 Å². The van der Waals surface area contributed by atoms with Gasteiger partial charge in [-0.1, -0.05) is 26.7 Å². The number of methoxy groups -OCH3 is 1. The van der Waals surface area contributed by atoms with Gasteiger partial charge in [0.2, 0.25) is 0 Å². The third-order valence-electron chi connectivity index (χ3n) is 9.39. The molecule has 1 fully saturated rings. The van der Waals surface area contributed by atoms with Gasteiger partial charge in [0, 0.05) is 56.5 Å². The highest BCUT2D eigenvalue weighted by Crippen LogP contribution is 2.51. The number of aromatic amines is 3. The summed E-state index contributed by atoms with van der Waals surface area (Å²) in [4.78, 5) is 23.9. The minimum Gasteiger partial charge on any atom is -0.468 e. The molecule has 4 atom stereocenters. The van der Waals surface area contributed by atoms with Crippen molar-refractivity contribution in [3.63, 3.8) is 0 Å². The predicted octanol–water partition coefficient (Wildman–Crippen LogP) is 3.57. The SMILES string of the molecule is C#Cc1c2[nH]c(c1C)/C=C1\N/C(=C3\c4[nH]c(c(C)c4[C@H](O)[C@@H]3C(=O)OC)/C=c3\[nH]/c(c(C)c3CC)=C\2)[C@@H](C)[C@@H]1C. The Morgan fingerprint density at radius 2 is 1.68 bits per heavy atom. The van der Waals surface area contributed by atoms with Crippen LogP contribution in [0.3, 0.4) is 0 Å². The van der Waals surface area contributed by atoms with E-state index in [9.17, 15) is 9.90 Å². The molecule has 40 heavy (non-hydrogen) atoms. The molecule has 5 heterocycles. The molecule has 0 unspecified atom stereocenters. The van der Waals surface area contributed by atoms with Gasteiger partial charge in [0.1, 0.15) is 5.92 Å². The van der Waals surface area contributed by atoms with Crippen LogP contribution in [0.4, 0.5) is 0 Å². The zero-order valence-corrected chi connectivity index (χ0v) is 24.1. The number of fused-ring (bicyclic) bond motifs is 7. The van der Waals surface area contributed by atoms with Crippen molar-refractivity contribution >= 4 is 29.8 Å². The third-order valence-corrected chi connectivity index (χ3v) is 9.39. The van der Waals surface area contributed by atoms with Gasteiger partial charge in [-0.25, -0.2) is 0 Å². The second kappa shape index (κ2) is 9.21. The molecule has 1 aliphatic carbocycles. The predicted molar refractivity (Wildman–Crippen MR) is 157 cm³/mol. The Balaban J connectivity index is 1.74. The van der Waals surface area contributed by atoms with E-state index in [0.717, 1.165) is 79.1 Å². The maximum Gasteiger partial charge on any atom is 0.316 e. The highest BCUT2D eigenvalue weighted by Gasteiger charge is 2.47. The van der Waals surface area contributed by atoms with Gasteiger partial charge < -0.3 is 30.1 Å². The summed E-state index contributed by atoms with van der Waals surface area (Å²) in [5, 5.41) is 17.2. The monoisotopic (exact) mass is 536 g/mol. The van der Waals surface area contributed by atoms with Crippen LogP contribution >= 0.6 is 0 Å². The second-order valence-electron chi connectivity index (χ2n) is 11.3. The first-order valence-corrected chi connectivity index (χ1v) is 13.9. The molecular formula is C33H36N4O3. The minimum atomic E-state index is -1.01. The summed E-state index contributed by atoms with van der Waals surface area (Å²) in [5.41, 5.74) is 12.2. The molecule has 0 saturated carbocycles. The van der Waals surface area contributed by atoms with Crippen LogP contribution < -0.4 is 16.0 Å². The second-order valence-corrected chi connectivity index (χ2v) is 11.3. The highest BCUT2D eigenvalue weighted by atomic mass is 16.5. The average Bonchev–Trinajstić information content (AvgIpc) is 3.66. The summed E-state index contributed by atoms with van der Waals surface area (Å²) in [6.45, 7) is 12.6. The minimum absolute atomic E-state index is 0.0755. The number of allylic oxidation sites excluding steroid dienone is 2. The van der Waals surface area contributed by atoms with Gasteiger partial charge in [-0.15, -0.1) is 6.42 Å². The summed E-state index contributed by atoms with van der Waals surface area (Å²) >= 11 is 0. The Hall–Kier alpha value is -4.15. The summed E-state index contributed by atoms with van der Waals surface area (Å²) in [6.07, 6.45) is 12.2. The molecule has 0 spiro atoms. The zero-order valence-electron chi connectivity index (χ0n) is 24.1. The quantitative estimate of drug-likeness (QED) is 0.255. The Labute approximate surface area is 234 Å². The lowest BCUT2D eigenvalue weighted by atomic mass is 9.89. The third kappa shape index (κ3) is 3.52. The van der Waals surface area contributed by atoms with Crippen molar-refractivity contribution in [1.29, 1.82) is 0 Å². The van der Waals surface area contributed by atoms with Gasteiger partial charge in [0.15, 0.2) is 0 Å². The van der Waals surface area contributed by atoms with Gasteiger partial charge in [0.05, 0.1) is 30.2 Å². The van der Waals surface area contributed by atoms with Crippen molar-refractivity contribution in [2.45, 2.75) is 54.1 Å². The number of aliphatic hydroxyl groups excluding tert-OH is 1. The van der Waals surface area contributed by atoms with Crippen LogP contribution in [0.2, 0.25) is 0 Å². The van der Waals surface area contributed by atoms with Gasteiger partial charge in [-0.2, -0.15) is 0 Å². The number of rotatable bonds is 2. The molecular weight excluding hydrogens is 500 g/mol. The number of hydrogen-bond acceptors (Lipinski definition) is 4. The molecule has 2 aliphatic heterocycles. The first-order valence-electron chi connectivity index (χ1n) is 13.9. The molecule has 0 aromatic carbocycles. The number of terminal acetylenes is 1. The Morgan fingerprint density at radius 3 is 2.35 bits per heavy atom. The van der Waals surface area contributed by atoms with Gasteiger partial charge >= 0.3 is 5.97 Å². The molecule has 7 heteroatoms. The van der Waals surface area contributed by atoms with E-state index in [2.05, 4.69) is 72.1 Å². The van der Waals surface area contributed by atoms with E-state index in [1.165, 1.54) is 18.2 Å². The summed E-state index contributed by atoms with van der Waals surface area (Å²) in [5.74, 6) is 1.84. The number of hydrogen-bond donors (Lipinski definition) is 5. The number of ether oxygens (including phenoxy) is 1.